The summed E-state index contributed by atoms with van der Waals surface area (Å²) in [6.07, 6.45) is 0.705. The van der Waals surface area contributed by atoms with Crippen LogP contribution in [0.2, 0.25) is 5.02 Å². The molecule has 2 rings (SSSR count). The molecule has 1 aromatic heterocycles. The lowest BCUT2D eigenvalue weighted by atomic mass is 10.3. The van der Waals surface area contributed by atoms with Crippen LogP contribution in [0, 0.1) is 0 Å². The van der Waals surface area contributed by atoms with Gasteiger partial charge in [0.05, 0.1) is 10.0 Å². The van der Waals surface area contributed by atoms with Crippen LogP contribution < -0.4 is 4.74 Å². The van der Waals surface area contributed by atoms with Crippen molar-refractivity contribution in [2.24, 2.45) is 0 Å². The van der Waals surface area contributed by atoms with Crippen LogP contribution in [0.4, 0.5) is 0 Å². The van der Waals surface area contributed by atoms with Crippen LogP contribution in [0.25, 0.3) is 0 Å². The maximum atomic E-state index is 11.1. The van der Waals surface area contributed by atoms with Crippen molar-refractivity contribution < 1.29 is 14.6 Å². The Labute approximate surface area is 119 Å². The number of hydrogen-bond donors (Lipinski definition) is 1. The van der Waals surface area contributed by atoms with Crippen molar-refractivity contribution >= 4 is 28.9 Å². The molecule has 0 atom stereocenters. The van der Waals surface area contributed by atoms with Crippen LogP contribution in [-0.2, 0) is 13.0 Å². The molecule has 0 amide bonds. The van der Waals surface area contributed by atoms with Crippen LogP contribution in [0.1, 0.15) is 27.3 Å². The number of aromatic nitrogens is 1. The molecule has 0 aliphatic heterocycles. The summed E-state index contributed by atoms with van der Waals surface area (Å²) in [5.74, 6) is -0.457. The summed E-state index contributed by atoms with van der Waals surface area (Å²) >= 11 is 7.15. The normalized spacial score (nSPS) is 10.4. The fraction of sp³-hybridized carbons (Fsp3) is 0.231. The molecule has 0 bridgehead atoms. The SMILES string of the molecule is CCc1nc(COc2ccccc2Cl)c(C(=O)O)s1. The first kappa shape index (κ1) is 13.8. The molecule has 2 aromatic rings. The third-order valence-corrected chi connectivity index (χ3v) is 3.98. The van der Waals surface area contributed by atoms with Gasteiger partial charge < -0.3 is 9.84 Å². The molecule has 4 nitrogen and oxygen atoms in total. The number of para-hydroxylation sites is 1. The van der Waals surface area contributed by atoms with E-state index in [-0.39, 0.29) is 11.5 Å². The van der Waals surface area contributed by atoms with E-state index in [1.807, 2.05) is 6.92 Å². The smallest absolute Gasteiger partial charge is 0.347 e. The molecule has 0 spiro atoms. The summed E-state index contributed by atoms with van der Waals surface area (Å²) in [6.45, 7) is 2.03. The molecule has 0 unspecified atom stereocenters. The summed E-state index contributed by atoms with van der Waals surface area (Å²) in [5.41, 5.74) is 0.439. The largest absolute Gasteiger partial charge is 0.486 e. The van der Waals surface area contributed by atoms with Gasteiger partial charge in [0, 0.05) is 0 Å². The van der Waals surface area contributed by atoms with E-state index in [0.717, 1.165) is 5.01 Å². The zero-order valence-corrected chi connectivity index (χ0v) is 11.8. The number of carbonyl (C=O) groups is 1. The van der Waals surface area contributed by atoms with Crippen molar-refractivity contribution in [1.29, 1.82) is 0 Å². The predicted molar refractivity (Wildman–Crippen MR) is 74.2 cm³/mol. The van der Waals surface area contributed by atoms with E-state index in [4.69, 9.17) is 21.4 Å². The quantitative estimate of drug-likeness (QED) is 0.915. The Bertz CT molecular complexity index is 597. The fourth-order valence-corrected chi connectivity index (χ4v) is 2.56. The van der Waals surface area contributed by atoms with Gasteiger partial charge in [-0.1, -0.05) is 30.7 Å². The maximum Gasteiger partial charge on any atom is 0.347 e. The first-order valence-electron chi connectivity index (χ1n) is 5.71. The summed E-state index contributed by atoms with van der Waals surface area (Å²) in [6, 6.07) is 7.05. The minimum atomic E-state index is -0.977. The van der Waals surface area contributed by atoms with Crippen LogP contribution in [0.15, 0.2) is 24.3 Å². The Morgan fingerprint density at radius 2 is 2.21 bits per heavy atom. The molecule has 0 saturated heterocycles. The number of rotatable bonds is 5. The number of hydrogen-bond acceptors (Lipinski definition) is 4. The van der Waals surface area contributed by atoms with Crippen molar-refractivity contribution in [3.8, 4) is 5.75 Å². The van der Waals surface area contributed by atoms with E-state index in [2.05, 4.69) is 4.98 Å². The van der Waals surface area contributed by atoms with E-state index < -0.39 is 5.97 Å². The molecule has 0 saturated carbocycles. The van der Waals surface area contributed by atoms with Crippen LogP contribution >= 0.6 is 22.9 Å². The summed E-state index contributed by atoms with van der Waals surface area (Å²) in [5, 5.41) is 10.4. The minimum Gasteiger partial charge on any atom is -0.486 e. The molecule has 19 heavy (non-hydrogen) atoms. The first-order valence-corrected chi connectivity index (χ1v) is 6.90. The molecule has 1 N–H and O–H groups in total. The highest BCUT2D eigenvalue weighted by Crippen LogP contribution is 2.26. The van der Waals surface area contributed by atoms with E-state index in [1.54, 1.807) is 24.3 Å². The van der Waals surface area contributed by atoms with Crippen molar-refractivity contribution in [2.45, 2.75) is 20.0 Å². The average Bonchev–Trinajstić information content (AvgIpc) is 2.81. The van der Waals surface area contributed by atoms with Crippen molar-refractivity contribution in [3.05, 3.63) is 44.9 Å². The number of aromatic carboxylic acids is 1. The third-order valence-electron chi connectivity index (χ3n) is 2.44. The highest BCUT2D eigenvalue weighted by atomic mass is 35.5. The molecule has 0 aliphatic carbocycles. The molecule has 1 aromatic carbocycles. The van der Waals surface area contributed by atoms with Gasteiger partial charge in [-0.2, -0.15) is 0 Å². The zero-order valence-electron chi connectivity index (χ0n) is 10.2. The van der Waals surface area contributed by atoms with E-state index >= 15 is 0 Å². The van der Waals surface area contributed by atoms with Gasteiger partial charge in [0.15, 0.2) is 0 Å². The number of carboxylic acids is 1. The lowest BCUT2D eigenvalue weighted by Crippen LogP contribution is -2.03. The molecule has 6 heteroatoms. The number of benzene rings is 1. The predicted octanol–water partition coefficient (Wildman–Crippen LogP) is 3.64. The van der Waals surface area contributed by atoms with Gasteiger partial charge in [-0.25, -0.2) is 9.78 Å². The molecular formula is C13H12ClNO3S. The monoisotopic (exact) mass is 297 g/mol. The van der Waals surface area contributed by atoms with Crippen LogP contribution in [0.3, 0.4) is 0 Å². The van der Waals surface area contributed by atoms with Crippen molar-refractivity contribution in [2.75, 3.05) is 0 Å². The summed E-state index contributed by atoms with van der Waals surface area (Å²) < 4.78 is 5.52. The van der Waals surface area contributed by atoms with E-state index in [0.29, 0.717) is 22.9 Å². The second-order valence-corrected chi connectivity index (χ2v) is 5.25. The number of ether oxygens (including phenoxy) is 1. The van der Waals surface area contributed by atoms with Gasteiger partial charge in [0.25, 0.3) is 0 Å². The van der Waals surface area contributed by atoms with Crippen molar-refractivity contribution in [1.82, 2.24) is 4.98 Å². The summed E-state index contributed by atoms with van der Waals surface area (Å²) in [7, 11) is 0. The van der Waals surface area contributed by atoms with Gasteiger partial charge in [-0.15, -0.1) is 11.3 Å². The third kappa shape index (κ3) is 3.24. The Balaban J connectivity index is 2.17. The number of carboxylic acid groups (broad SMARTS) is 1. The lowest BCUT2D eigenvalue weighted by molar-refractivity contribution is 0.0699. The van der Waals surface area contributed by atoms with E-state index in [9.17, 15) is 4.79 Å². The Hall–Kier alpha value is -1.59. The van der Waals surface area contributed by atoms with Gasteiger partial charge in [0.2, 0.25) is 0 Å². The standard InChI is InChI=1S/C13H12ClNO3S/c1-2-11-15-9(12(19-11)13(16)17)7-18-10-6-4-3-5-8(10)14/h3-6H,2,7H2,1H3,(H,16,17). The van der Waals surface area contributed by atoms with Crippen LogP contribution in [0.5, 0.6) is 5.75 Å². The minimum absolute atomic E-state index is 0.0991. The second-order valence-electron chi connectivity index (χ2n) is 3.76. The highest BCUT2D eigenvalue weighted by molar-refractivity contribution is 7.13. The maximum absolute atomic E-state index is 11.1. The topological polar surface area (TPSA) is 59.4 Å². The summed E-state index contributed by atoms with van der Waals surface area (Å²) in [4.78, 5) is 15.6. The van der Waals surface area contributed by atoms with Gasteiger partial charge in [0.1, 0.15) is 22.9 Å². The van der Waals surface area contributed by atoms with Gasteiger partial charge in [-0.3, -0.25) is 0 Å². The lowest BCUT2D eigenvalue weighted by Gasteiger charge is -2.06. The van der Waals surface area contributed by atoms with Gasteiger partial charge >= 0.3 is 5.97 Å². The molecule has 0 fully saturated rings. The Kier molecular flexibility index (Phi) is 4.39. The molecular weight excluding hydrogens is 286 g/mol. The van der Waals surface area contributed by atoms with Crippen LogP contribution in [-0.4, -0.2) is 16.1 Å². The van der Waals surface area contributed by atoms with Gasteiger partial charge in [-0.05, 0) is 18.6 Å². The number of nitrogens with zero attached hydrogens (tertiary/aromatic N) is 1. The number of halogens is 1. The molecule has 100 valence electrons. The molecule has 1 heterocycles. The average molecular weight is 298 g/mol. The number of aryl methyl sites for hydroxylation is 1. The zero-order chi connectivity index (χ0) is 13.8. The highest BCUT2D eigenvalue weighted by Gasteiger charge is 2.17. The molecule has 0 radical (unpaired) electrons. The van der Waals surface area contributed by atoms with E-state index in [1.165, 1.54) is 11.3 Å². The Morgan fingerprint density at radius 3 is 2.84 bits per heavy atom. The fourth-order valence-electron chi connectivity index (χ4n) is 1.52. The number of thiazole rings is 1. The first-order chi connectivity index (χ1) is 9.11. The van der Waals surface area contributed by atoms with Crippen molar-refractivity contribution in [3.63, 3.8) is 0 Å². The Morgan fingerprint density at radius 1 is 1.47 bits per heavy atom. The molecule has 0 aliphatic rings. The second kappa shape index (κ2) is 6.04.